The summed E-state index contributed by atoms with van der Waals surface area (Å²) in [5.74, 6) is 0.839. The second-order valence-electron chi connectivity index (χ2n) is 5.50. The molecule has 0 spiro atoms. The first-order valence-corrected chi connectivity index (χ1v) is 6.50. The van der Waals surface area contributed by atoms with Crippen LogP contribution in [0, 0.1) is 11.3 Å². The van der Waals surface area contributed by atoms with Gasteiger partial charge in [-0.1, -0.05) is 20.8 Å². The standard InChI is InChI=1S/C13H26N2O/c1-5-11(4)15-12(16)8-14-9-13(6-7-13)10(2)3/h10-11,14H,5-9H2,1-4H3,(H,15,16). The number of carbonyl (C=O) groups excluding carboxylic acids is 1. The predicted octanol–water partition coefficient (Wildman–Crippen LogP) is 1.93. The molecular formula is C13H26N2O. The lowest BCUT2D eigenvalue weighted by Crippen LogP contribution is -2.40. The van der Waals surface area contributed by atoms with Crippen LogP contribution in [0.2, 0.25) is 0 Å². The topological polar surface area (TPSA) is 41.1 Å². The SMILES string of the molecule is CCC(C)NC(=O)CNCC1(C(C)C)CC1. The van der Waals surface area contributed by atoms with Crippen LogP contribution < -0.4 is 10.6 Å². The molecular weight excluding hydrogens is 200 g/mol. The Hall–Kier alpha value is -0.570. The second-order valence-corrected chi connectivity index (χ2v) is 5.50. The van der Waals surface area contributed by atoms with Gasteiger partial charge in [0.25, 0.3) is 0 Å². The summed E-state index contributed by atoms with van der Waals surface area (Å²) in [5.41, 5.74) is 0.483. The van der Waals surface area contributed by atoms with Gasteiger partial charge in [0.1, 0.15) is 0 Å². The molecule has 0 aromatic carbocycles. The molecule has 0 radical (unpaired) electrons. The Balaban J connectivity index is 2.14. The fraction of sp³-hybridized carbons (Fsp3) is 0.923. The number of carbonyl (C=O) groups is 1. The van der Waals surface area contributed by atoms with Crippen LogP contribution in [0.25, 0.3) is 0 Å². The average molecular weight is 226 g/mol. The van der Waals surface area contributed by atoms with Crippen molar-refractivity contribution in [2.24, 2.45) is 11.3 Å². The summed E-state index contributed by atoms with van der Waals surface area (Å²) in [4.78, 5) is 11.5. The van der Waals surface area contributed by atoms with Crippen molar-refractivity contribution in [1.82, 2.24) is 10.6 Å². The number of amides is 1. The third-order valence-corrected chi connectivity index (χ3v) is 3.90. The molecule has 2 N–H and O–H groups in total. The number of nitrogens with one attached hydrogen (secondary N) is 2. The van der Waals surface area contributed by atoms with Gasteiger partial charge < -0.3 is 10.6 Å². The van der Waals surface area contributed by atoms with Gasteiger partial charge in [-0.3, -0.25) is 4.79 Å². The van der Waals surface area contributed by atoms with Gasteiger partial charge in [0.15, 0.2) is 0 Å². The van der Waals surface area contributed by atoms with E-state index in [2.05, 4.69) is 31.4 Å². The Labute approximate surface area is 99.4 Å². The van der Waals surface area contributed by atoms with E-state index in [-0.39, 0.29) is 11.9 Å². The highest BCUT2D eigenvalue weighted by atomic mass is 16.1. The summed E-state index contributed by atoms with van der Waals surface area (Å²) in [6.45, 7) is 10.1. The van der Waals surface area contributed by atoms with Crippen LogP contribution in [-0.4, -0.2) is 25.0 Å². The molecule has 1 aliphatic rings. The van der Waals surface area contributed by atoms with E-state index in [1.54, 1.807) is 0 Å². The summed E-state index contributed by atoms with van der Waals surface area (Å²) in [6, 6.07) is 0.286. The predicted molar refractivity (Wildman–Crippen MR) is 67.3 cm³/mol. The van der Waals surface area contributed by atoms with E-state index in [4.69, 9.17) is 0 Å². The maximum atomic E-state index is 11.5. The molecule has 94 valence electrons. The zero-order valence-electron chi connectivity index (χ0n) is 11.1. The van der Waals surface area contributed by atoms with Crippen molar-refractivity contribution in [2.45, 2.75) is 53.0 Å². The minimum absolute atomic E-state index is 0.119. The number of rotatable bonds is 7. The van der Waals surface area contributed by atoms with Gasteiger partial charge in [-0.15, -0.1) is 0 Å². The summed E-state index contributed by atoms with van der Waals surface area (Å²) in [7, 11) is 0. The van der Waals surface area contributed by atoms with Crippen molar-refractivity contribution < 1.29 is 4.79 Å². The lowest BCUT2D eigenvalue weighted by atomic mass is 9.92. The molecule has 1 rings (SSSR count). The van der Waals surface area contributed by atoms with Gasteiger partial charge in [0.05, 0.1) is 6.54 Å². The molecule has 0 saturated heterocycles. The van der Waals surface area contributed by atoms with Crippen molar-refractivity contribution in [2.75, 3.05) is 13.1 Å². The van der Waals surface area contributed by atoms with Gasteiger partial charge >= 0.3 is 0 Å². The lowest BCUT2D eigenvalue weighted by Gasteiger charge is -2.20. The van der Waals surface area contributed by atoms with Gasteiger partial charge in [0.2, 0.25) is 5.91 Å². The van der Waals surface area contributed by atoms with E-state index in [1.807, 2.05) is 6.92 Å². The van der Waals surface area contributed by atoms with Crippen molar-refractivity contribution >= 4 is 5.91 Å². The van der Waals surface area contributed by atoms with Crippen LogP contribution in [-0.2, 0) is 4.79 Å². The number of hydrogen-bond donors (Lipinski definition) is 2. The molecule has 1 amide bonds. The third kappa shape index (κ3) is 3.78. The second kappa shape index (κ2) is 5.67. The summed E-state index contributed by atoms with van der Waals surface area (Å²) >= 11 is 0. The first-order valence-electron chi connectivity index (χ1n) is 6.50. The minimum Gasteiger partial charge on any atom is -0.353 e. The Morgan fingerprint density at radius 1 is 1.31 bits per heavy atom. The maximum absolute atomic E-state index is 11.5. The molecule has 3 heteroatoms. The Bertz CT molecular complexity index is 234. The molecule has 0 bridgehead atoms. The molecule has 1 atom stereocenters. The fourth-order valence-electron chi connectivity index (χ4n) is 1.97. The molecule has 1 saturated carbocycles. The van der Waals surface area contributed by atoms with E-state index in [0.29, 0.717) is 12.0 Å². The highest BCUT2D eigenvalue weighted by Crippen LogP contribution is 2.51. The molecule has 0 aromatic rings. The van der Waals surface area contributed by atoms with Crippen LogP contribution in [0.1, 0.15) is 47.0 Å². The minimum atomic E-state index is 0.119. The summed E-state index contributed by atoms with van der Waals surface area (Å²) < 4.78 is 0. The maximum Gasteiger partial charge on any atom is 0.234 e. The molecule has 1 unspecified atom stereocenters. The molecule has 0 aromatic heterocycles. The van der Waals surface area contributed by atoms with Gasteiger partial charge in [-0.2, -0.15) is 0 Å². The van der Waals surface area contributed by atoms with Gasteiger partial charge in [0, 0.05) is 12.6 Å². The van der Waals surface area contributed by atoms with E-state index in [9.17, 15) is 4.79 Å². The zero-order valence-corrected chi connectivity index (χ0v) is 11.1. The quantitative estimate of drug-likeness (QED) is 0.696. The summed E-state index contributed by atoms with van der Waals surface area (Å²) in [6.07, 6.45) is 3.61. The van der Waals surface area contributed by atoms with E-state index in [1.165, 1.54) is 12.8 Å². The van der Waals surface area contributed by atoms with Gasteiger partial charge in [-0.05, 0) is 37.5 Å². The van der Waals surface area contributed by atoms with E-state index < -0.39 is 0 Å². The van der Waals surface area contributed by atoms with Crippen LogP contribution in [0.15, 0.2) is 0 Å². The Morgan fingerprint density at radius 3 is 2.38 bits per heavy atom. The van der Waals surface area contributed by atoms with Crippen LogP contribution in [0.4, 0.5) is 0 Å². The van der Waals surface area contributed by atoms with Crippen LogP contribution >= 0.6 is 0 Å². The largest absolute Gasteiger partial charge is 0.353 e. The molecule has 0 heterocycles. The zero-order chi connectivity index (χ0) is 12.2. The Morgan fingerprint density at radius 2 is 1.94 bits per heavy atom. The monoisotopic (exact) mass is 226 g/mol. The summed E-state index contributed by atoms with van der Waals surface area (Å²) in [5, 5.41) is 6.25. The smallest absolute Gasteiger partial charge is 0.234 e. The van der Waals surface area contributed by atoms with Crippen LogP contribution in [0.3, 0.4) is 0 Å². The molecule has 0 aliphatic heterocycles. The van der Waals surface area contributed by atoms with Crippen LogP contribution in [0.5, 0.6) is 0 Å². The van der Waals surface area contributed by atoms with Crippen molar-refractivity contribution in [3.8, 4) is 0 Å². The lowest BCUT2D eigenvalue weighted by molar-refractivity contribution is -0.120. The molecule has 3 nitrogen and oxygen atoms in total. The highest BCUT2D eigenvalue weighted by Gasteiger charge is 2.44. The first-order chi connectivity index (χ1) is 7.50. The highest BCUT2D eigenvalue weighted by molar-refractivity contribution is 5.78. The number of hydrogen-bond acceptors (Lipinski definition) is 2. The van der Waals surface area contributed by atoms with Crippen molar-refractivity contribution in [1.29, 1.82) is 0 Å². The Kier molecular flexibility index (Phi) is 4.78. The third-order valence-electron chi connectivity index (χ3n) is 3.90. The molecule has 16 heavy (non-hydrogen) atoms. The normalized spacial score (nSPS) is 19.6. The van der Waals surface area contributed by atoms with E-state index >= 15 is 0 Å². The average Bonchev–Trinajstić information content (AvgIpc) is 2.98. The molecule has 1 fully saturated rings. The van der Waals surface area contributed by atoms with Gasteiger partial charge in [-0.25, -0.2) is 0 Å². The van der Waals surface area contributed by atoms with Crippen molar-refractivity contribution in [3.05, 3.63) is 0 Å². The van der Waals surface area contributed by atoms with E-state index in [0.717, 1.165) is 18.9 Å². The fourth-order valence-corrected chi connectivity index (χ4v) is 1.97. The molecule has 1 aliphatic carbocycles. The van der Waals surface area contributed by atoms with Crippen molar-refractivity contribution in [3.63, 3.8) is 0 Å². The first kappa shape index (κ1) is 13.5.